The van der Waals surface area contributed by atoms with Crippen molar-refractivity contribution in [1.82, 2.24) is 10.2 Å². The highest BCUT2D eigenvalue weighted by molar-refractivity contribution is 7.92. The van der Waals surface area contributed by atoms with Crippen LogP contribution in [0.5, 0.6) is 0 Å². The summed E-state index contributed by atoms with van der Waals surface area (Å²) in [6.45, 7) is 5.74. The summed E-state index contributed by atoms with van der Waals surface area (Å²) in [6, 6.07) is 11.1. The lowest BCUT2D eigenvalue weighted by Gasteiger charge is -2.31. The Morgan fingerprint density at radius 3 is 2.29 bits per heavy atom. The van der Waals surface area contributed by atoms with E-state index in [4.69, 9.17) is 23.2 Å². The second-order valence-corrected chi connectivity index (χ2v) is 10.9. The molecule has 2 amide bonds. The summed E-state index contributed by atoms with van der Waals surface area (Å²) < 4.78 is 26.1. The Morgan fingerprint density at radius 2 is 1.74 bits per heavy atom. The van der Waals surface area contributed by atoms with Crippen LogP contribution in [0, 0.1) is 6.92 Å². The average molecular weight is 529 g/mol. The number of aryl methyl sites for hydroxylation is 1. The Morgan fingerprint density at radius 1 is 1.09 bits per heavy atom. The highest BCUT2D eigenvalue weighted by Gasteiger charge is 2.30. The van der Waals surface area contributed by atoms with Crippen LogP contribution < -0.4 is 9.62 Å². The lowest BCUT2D eigenvalue weighted by Crippen LogP contribution is -2.51. The van der Waals surface area contributed by atoms with Crippen LogP contribution in [0.25, 0.3) is 0 Å². The van der Waals surface area contributed by atoms with Crippen molar-refractivity contribution >= 4 is 50.7 Å². The van der Waals surface area contributed by atoms with E-state index >= 15 is 0 Å². The molecule has 0 aliphatic carbocycles. The average Bonchev–Trinajstić information content (AvgIpc) is 2.76. The van der Waals surface area contributed by atoms with Crippen molar-refractivity contribution < 1.29 is 18.0 Å². The monoisotopic (exact) mass is 527 g/mol. The molecule has 0 aliphatic rings. The van der Waals surface area contributed by atoms with Crippen molar-refractivity contribution in [3.05, 3.63) is 63.6 Å². The summed E-state index contributed by atoms with van der Waals surface area (Å²) in [6.07, 6.45) is 2.74. The van der Waals surface area contributed by atoms with Gasteiger partial charge in [0.25, 0.3) is 0 Å². The Labute approximate surface area is 212 Å². The van der Waals surface area contributed by atoms with Gasteiger partial charge in [-0.05, 0) is 44.0 Å². The van der Waals surface area contributed by atoms with E-state index in [1.807, 2.05) is 38.1 Å². The maximum absolute atomic E-state index is 13.5. The molecule has 0 saturated heterocycles. The summed E-state index contributed by atoms with van der Waals surface area (Å²) in [7, 11) is -3.87. The van der Waals surface area contributed by atoms with Gasteiger partial charge < -0.3 is 10.2 Å². The number of carbonyl (C=O) groups is 2. The minimum atomic E-state index is -3.87. The first-order valence-corrected chi connectivity index (χ1v) is 13.6. The van der Waals surface area contributed by atoms with Gasteiger partial charge in [-0.15, -0.1) is 0 Å². The molecule has 0 spiro atoms. The van der Waals surface area contributed by atoms with Crippen LogP contribution in [0.1, 0.15) is 37.8 Å². The van der Waals surface area contributed by atoms with Crippen LogP contribution in [-0.4, -0.2) is 50.5 Å². The summed E-state index contributed by atoms with van der Waals surface area (Å²) in [5, 5.41) is 3.28. The predicted octanol–water partition coefficient (Wildman–Crippen LogP) is 4.40. The lowest BCUT2D eigenvalue weighted by molar-refractivity contribution is -0.139. The van der Waals surface area contributed by atoms with Crippen LogP contribution >= 0.6 is 23.2 Å². The summed E-state index contributed by atoms with van der Waals surface area (Å²) in [5.41, 5.74) is 2.02. The molecule has 2 rings (SSSR count). The molecular weight excluding hydrogens is 497 g/mol. The number of hydrogen-bond donors (Lipinski definition) is 1. The first kappa shape index (κ1) is 28.0. The Bertz CT molecular complexity index is 1110. The van der Waals surface area contributed by atoms with Gasteiger partial charge in [-0.25, -0.2) is 8.42 Å². The number of carbonyl (C=O) groups excluding carboxylic acids is 2. The topological polar surface area (TPSA) is 86.8 Å². The van der Waals surface area contributed by atoms with Gasteiger partial charge in [0, 0.05) is 18.1 Å². The SMILES string of the molecule is CCCCNC(=O)C(C)N(Cc1ccc(C)cc1)C(=O)CN(c1ccc(Cl)cc1Cl)S(C)(=O)=O. The smallest absolute Gasteiger partial charge is 0.244 e. The fraction of sp³-hybridized carbons (Fsp3) is 0.417. The Kier molecular flexibility index (Phi) is 10.2. The first-order chi connectivity index (χ1) is 15.9. The minimum absolute atomic E-state index is 0.0983. The third-order valence-corrected chi connectivity index (χ3v) is 6.99. The Hall–Kier alpha value is -2.29. The standard InChI is InChI=1S/C24H31Cl2N3O4S/c1-5-6-13-27-24(31)18(3)28(15-19-9-7-17(2)8-10-19)23(30)16-29(34(4,32)33)22-12-11-20(25)14-21(22)26/h7-12,14,18H,5-6,13,15-16H2,1-4H3,(H,27,31). The number of nitrogens with one attached hydrogen (secondary N) is 1. The van der Waals surface area contributed by atoms with Crippen LogP contribution in [0.2, 0.25) is 10.0 Å². The van der Waals surface area contributed by atoms with E-state index < -0.39 is 28.5 Å². The molecule has 0 bridgehead atoms. The molecule has 186 valence electrons. The molecule has 1 N–H and O–H groups in total. The van der Waals surface area contributed by atoms with Crippen molar-refractivity contribution in [2.45, 2.75) is 46.2 Å². The zero-order chi connectivity index (χ0) is 25.5. The molecular formula is C24H31Cl2N3O4S. The van der Waals surface area contributed by atoms with Crippen LogP contribution in [0.4, 0.5) is 5.69 Å². The van der Waals surface area contributed by atoms with Gasteiger partial charge in [0.1, 0.15) is 12.6 Å². The van der Waals surface area contributed by atoms with E-state index in [0.29, 0.717) is 11.6 Å². The quantitative estimate of drug-likeness (QED) is 0.438. The summed E-state index contributed by atoms with van der Waals surface area (Å²) >= 11 is 12.2. The lowest BCUT2D eigenvalue weighted by atomic mass is 10.1. The van der Waals surface area contributed by atoms with Gasteiger partial charge in [0.15, 0.2) is 0 Å². The number of hydrogen-bond acceptors (Lipinski definition) is 4. The van der Waals surface area contributed by atoms with Crippen molar-refractivity contribution in [1.29, 1.82) is 0 Å². The summed E-state index contributed by atoms with van der Waals surface area (Å²) in [5.74, 6) is -0.834. The molecule has 1 unspecified atom stereocenters. The first-order valence-electron chi connectivity index (χ1n) is 11.0. The number of unbranched alkanes of at least 4 members (excludes halogenated alkanes) is 1. The molecule has 34 heavy (non-hydrogen) atoms. The zero-order valence-corrected chi connectivity index (χ0v) is 22.2. The number of benzene rings is 2. The molecule has 1 atom stereocenters. The van der Waals surface area contributed by atoms with Gasteiger partial charge in [-0.3, -0.25) is 13.9 Å². The maximum atomic E-state index is 13.5. The fourth-order valence-corrected chi connectivity index (χ4v) is 4.71. The molecule has 2 aromatic rings. The van der Waals surface area contributed by atoms with E-state index in [9.17, 15) is 18.0 Å². The number of rotatable bonds is 11. The second-order valence-electron chi connectivity index (χ2n) is 8.19. The normalized spacial score (nSPS) is 12.2. The second kappa shape index (κ2) is 12.4. The number of anilines is 1. The fourth-order valence-electron chi connectivity index (χ4n) is 3.29. The van der Waals surface area contributed by atoms with Gasteiger partial charge in [0.2, 0.25) is 21.8 Å². The molecule has 2 aromatic carbocycles. The van der Waals surface area contributed by atoms with Gasteiger partial charge in [0.05, 0.1) is 17.0 Å². The molecule has 7 nitrogen and oxygen atoms in total. The predicted molar refractivity (Wildman–Crippen MR) is 138 cm³/mol. The van der Waals surface area contributed by atoms with Gasteiger partial charge in [-0.2, -0.15) is 0 Å². The van der Waals surface area contributed by atoms with Crippen molar-refractivity contribution in [3.8, 4) is 0 Å². The molecule has 0 saturated carbocycles. The van der Waals surface area contributed by atoms with Crippen LogP contribution in [0.3, 0.4) is 0 Å². The maximum Gasteiger partial charge on any atom is 0.244 e. The third-order valence-electron chi connectivity index (χ3n) is 5.33. The molecule has 0 radical (unpaired) electrons. The van der Waals surface area contributed by atoms with Crippen LogP contribution in [0.15, 0.2) is 42.5 Å². The Balaban J connectivity index is 2.37. The molecule has 0 aliphatic heterocycles. The molecule has 0 aromatic heterocycles. The van der Waals surface area contributed by atoms with Crippen molar-refractivity contribution in [3.63, 3.8) is 0 Å². The van der Waals surface area contributed by atoms with E-state index in [-0.39, 0.29) is 23.2 Å². The largest absolute Gasteiger partial charge is 0.354 e. The minimum Gasteiger partial charge on any atom is -0.354 e. The van der Waals surface area contributed by atoms with Gasteiger partial charge >= 0.3 is 0 Å². The van der Waals surface area contributed by atoms with Crippen LogP contribution in [-0.2, 0) is 26.2 Å². The molecule has 0 heterocycles. The number of nitrogens with zero attached hydrogens (tertiary/aromatic N) is 2. The van der Waals surface area contributed by atoms with E-state index in [2.05, 4.69) is 5.32 Å². The van der Waals surface area contributed by atoms with Gasteiger partial charge in [-0.1, -0.05) is 66.4 Å². The number of halogens is 2. The molecule has 0 fully saturated rings. The molecule has 10 heteroatoms. The van der Waals surface area contributed by atoms with Crippen molar-refractivity contribution in [2.24, 2.45) is 0 Å². The van der Waals surface area contributed by atoms with Crippen molar-refractivity contribution in [2.75, 3.05) is 23.7 Å². The zero-order valence-electron chi connectivity index (χ0n) is 19.8. The number of sulfonamides is 1. The highest BCUT2D eigenvalue weighted by atomic mass is 35.5. The van der Waals surface area contributed by atoms with E-state index in [1.54, 1.807) is 6.92 Å². The summed E-state index contributed by atoms with van der Waals surface area (Å²) in [4.78, 5) is 27.6. The van der Waals surface area contributed by atoms with E-state index in [1.165, 1.54) is 23.1 Å². The number of amides is 2. The third kappa shape index (κ3) is 7.89. The van der Waals surface area contributed by atoms with E-state index in [0.717, 1.165) is 34.5 Å². The highest BCUT2D eigenvalue weighted by Crippen LogP contribution is 2.30.